The van der Waals surface area contributed by atoms with Crippen molar-refractivity contribution in [2.45, 2.75) is 12.8 Å². The molecule has 1 heterocycles. The van der Waals surface area contributed by atoms with Crippen molar-refractivity contribution in [1.29, 1.82) is 0 Å². The lowest BCUT2D eigenvalue weighted by Crippen LogP contribution is -2.16. The van der Waals surface area contributed by atoms with Gasteiger partial charge in [0.1, 0.15) is 0 Å². The van der Waals surface area contributed by atoms with E-state index in [9.17, 15) is 0 Å². The molecule has 0 bridgehead atoms. The fourth-order valence-corrected chi connectivity index (χ4v) is 1.75. The second-order valence-corrected chi connectivity index (χ2v) is 3.96. The van der Waals surface area contributed by atoms with E-state index in [2.05, 4.69) is 23.5 Å². The highest BCUT2D eigenvalue weighted by molar-refractivity contribution is 6.30. The molecule has 2 rings (SSSR count). The van der Waals surface area contributed by atoms with Crippen LogP contribution in [-0.2, 0) is 0 Å². The number of hydrogen-bond donors (Lipinski definition) is 0. The molecule has 0 atom stereocenters. The number of rotatable bonds is 1. The van der Waals surface area contributed by atoms with Gasteiger partial charge < -0.3 is 0 Å². The minimum atomic E-state index is 0.797. The maximum atomic E-state index is 5.82. The van der Waals surface area contributed by atoms with Crippen LogP contribution in [0.2, 0.25) is 5.02 Å². The van der Waals surface area contributed by atoms with Gasteiger partial charge in [0, 0.05) is 18.1 Å². The quantitative estimate of drug-likeness (QED) is 0.671. The van der Waals surface area contributed by atoms with Gasteiger partial charge in [-0.2, -0.15) is 0 Å². The van der Waals surface area contributed by atoms with Gasteiger partial charge >= 0.3 is 0 Å². The van der Waals surface area contributed by atoms with Crippen molar-refractivity contribution in [1.82, 2.24) is 5.32 Å². The molecule has 1 aromatic carbocycles. The molecule has 14 heavy (non-hydrogen) atoms. The average Bonchev–Trinajstić information content (AvgIpc) is 2.23. The average molecular weight is 207 g/mol. The summed E-state index contributed by atoms with van der Waals surface area (Å²) in [4.78, 5) is 0. The van der Waals surface area contributed by atoms with Crippen LogP contribution in [0.15, 0.2) is 29.8 Å². The minimum absolute atomic E-state index is 0.797. The second kappa shape index (κ2) is 4.63. The van der Waals surface area contributed by atoms with E-state index < -0.39 is 0 Å². The molecule has 0 aromatic heterocycles. The summed E-state index contributed by atoms with van der Waals surface area (Å²) in [5, 5.41) is 5.12. The molecule has 73 valence electrons. The Hall–Kier alpha value is -0.790. The third-order valence-corrected chi connectivity index (χ3v) is 2.67. The van der Waals surface area contributed by atoms with Crippen LogP contribution in [-0.4, -0.2) is 13.1 Å². The van der Waals surface area contributed by atoms with Gasteiger partial charge in [0.25, 0.3) is 0 Å². The van der Waals surface area contributed by atoms with Crippen molar-refractivity contribution in [2.24, 2.45) is 0 Å². The standard InChI is InChI=1S/C12H13ClN/c13-12-3-1-10(2-4-12)9-11-5-7-14-8-6-11/h1-4,9H,5-8H2. The predicted octanol–water partition coefficient (Wildman–Crippen LogP) is 3.12. The molecule has 0 aliphatic carbocycles. The molecule has 1 aliphatic heterocycles. The van der Waals surface area contributed by atoms with Crippen LogP contribution in [0.4, 0.5) is 0 Å². The van der Waals surface area contributed by atoms with E-state index in [4.69, 9.17) is 11.6 Å². The Balaban J connectivity index is 2.11. The maximum absolute atomic E-state index is 5.82. The van der Waals surface area contributed by atoms with Gasteiger partial charge in [0.05, 0.1) is 0 Å². The van der Waals surface area contributed by atoms with E-state index in [1.807, 2.05) is 12.1 Å². The summed E-state index contributed by atoms with van der Waals surface area (Å²) in [5.74, 6) is 0. The highest BCUT2D eigenvalue weighted by Crippen LogP contribution is 2.17. The van der Waals surface area contributed by atoms with E-state index >= 15 is 0 Å². The first-order valence-corrected chi connectivity index (χ1v) is 5.31. The Morgan fingerprint density at radius 3 is 2.36 bits per heavy atom. The van der Waals surface area contributed by atoms with Gasteiger partial charge in [-0.15, -0.1) is 0 Å². The zero-order valence-corrected chi connectivity index (χ0v) is 8.80. The Kier molecular flexibility index (Phi) is 3.22. The molecular weight excluding hydrogens is 194 g/mol. The maximum Gasteiger partial charge on any atom is 0.0406 e. The summed E-state index contributed by atoms with van der Waals surface area (Å²) in [6, 6.07) is 7.98. The monoisotopic (exact) mass is 206 g/mol. The normalized spacial score (nSPS) is 16.8. The van der Waals surface area contributed by atoms with E-state index in [1.165, 1.54) is 11.1 Å². The van der Waals surface area contributed by atoms with Crippen molar-refractivity contribution < 1.29 is 0 Å². The zero-order valence-electron chi connectivity index (χ0n) is 8.04. The fourth-order valence-electron chi connectivity index (χ4n) is 1.62. The van der Waals surface area contributed by atoms with Crippen molar-refractivity contribution in [2.75, 3.05) is 13.1 Å². The Morgan fingerprint density at radius 1 is 1.07 bits per heavy atom. The highest BCUT2D eigenvalue weighted by atomic mass is 35.5. The summed E-state index contributed by atoms with van der Waals surface area (Å²) in [6.07, 6.45) is 4.48. The zero-order chi connectivity index (χ0) is 9.80. The summed E-state index contributed by atoms with van der Waals surface area (Å²) in [5.41, 5.74) is 2.74. The molecule has 1 aromatic rings. The van der Waals surface area contributed by atoms with Crippen LogP contribution in [0.5, 0.6) is 0 Å². The molecule has 1 saturated heterocycles. The fraction of sp³-hybridized carbons (Fsp3) is 0.333. The van der Waals surface area contributed by atoms with Crippen LogP contribution in [0.25, 0.3) is 6.08 Å². The van der Waals surface area contributed by atoms with Crippen molar-refractivity contribution in [3.05, 3.63) is 40.4 Å². The second-order valence-electron chi connectivity index (χ2n) is 3.52. The van der Waals surface area contributed by atoms with Crippen LogP contribution in [0.3, 0.4) is 0 Å². The van der Waals surface area contributed by atoms with Crippen molar-refractivity contribution >= 4 is 17.7 Å². The molecule has 0 saturated carbocycles. The van der Waals surface area contributed by atoms with Crippen molar-refractivity contribution in [3.8, 4) is 0 Å². The summed E-state index contributed by atoms with van der Waals surface area (Å²) < 4.78 is 0. The SMILES string of the molecule is Clc1ccc(C=C2CC[N]CC2)cc1. The molecule has 1 nitrogen and oxygen atoms in total. The van der Waals surface area contributed by atoms with Gasteiger partial charge in [-0.1, -0.05) is 35.4 Å². The number of piperidine rings is 1. The molecule has 0 amide bonds. The third-order valence-electron chi connectivity index (χ3n) is 2.42. The van der Waals surface area contributed by atoms with E-state index in [0.29, 0.717) is 0 Å². The van der Waals surface area contributed by atoms with Crippen LogP contribution < -0.4 is 5.32 Å². The number of benzene rings is 1. The minimum Gasteiger partial charge on any atom is -0.241 e. The summed E-state index contributed by atoms with van der Waals surface area (Å²) in [6.45, 7) is 1.97. The smallest absolute Gasteiger partial charge is 0.0406 e. The van der Waals surface area contributed by atoms with Crippen LogP contribution in [0, 0.1) is 0 Å². The van der Waals surface area contributed by atoms with Gasteiger partial charge in [-0.3, -0.25) is 0 Å². The topological polar surface area (TPSA) is 14.1 Å². The van der Waals surface area contributed by atoms with Crippen LogP contribution >= 0.6 is 11.6 Å². The summed E-state index contributed by atoms with van der Waals surface area (Å²) >= 11 is 5.82. The predicted molar refractivity (Wildman–Crippen MR) is 60.5 cm³/mol. The van der Waals surface area contributed by atoms with Gasteiger partial charge in [-0.05, 0) is 30.5 Å². The molecule has 0 N–H and O–H groups in total. The Bertz CT molecular complexity index is 319. The van der Waals surface area contributed by atoms with Gasteiger partial charge in [0.15, 0.2) is 0 Å². The molecule has 0 spiro atoms. The molecular formula is C12H13ClN. The number of halogens is 1. The first-order valence-electron chi connectivity index (χ1n) is 4.93. The lowest BCUT2D eigenvalue weighted by Gasteiger charge is -2.13. The molecule has 1 radical (unpaired) electrons. The van der Waals surface area contributed by atoms with Gasteiger partial charge in [-0.25, -0.2) is 5.32 Å². The molecule has 0 unspecified atom stereocenters. The van der Waals surface area contributed by atoms with Crippen LogP contribution in [0.1, 0.15) is 18.4 Å². The van der Waals surface area contributed by atoms with Crippen molar-refractivity contribution in [3.63, 3.8) is 0 Å². The lowest BCUT2D eigenvalue weighted by atomic mass is 10.0. The molecule has 1 aliphatic rings. The third kappa shape index (κ3) is 2.60. The summed E-state index contributed by atoms with van der Waals surface area (Å²) in [7, 11) is 0. The van der Waals surface area contributed by atoms with E-state index in [-0.39, 0.29) is 0 Å². The highest BCUT2D eigenvalue weighted by Gasteiger charge is 2.04. The lowest BCUT2D eigenvalue weighted by molar-refractivity contribution is 0.601. The first-order chi connectivity index (χ1) is 6.84. The Morgan fingerprint density at radius 2 is 1.71 bits per heavy atom. The van der Waals surface area contributed by atoms with E-state index in [1.54, 1.807) is 0 Å². The first kappa shape index (κ1) is 9.75. The number of hydrogen-bond acceptors (Lipinski definition) is 0. The van der Waals surface area contributed by atoms with Gasteiger partial charge in [0.2, 0.25) is 0 Å². The molecule has 1 fully saturated rings. The molecule has 2 heteroatoms. The number of nitrogens with zero attached hydrogens (tertiary/aromatic N) is 1. The largest absolute Gasteiger partial charge is 0.241 e. The Labute approximate surface area is 89.8 Å². The van der Waals surface area contributed by atoms with E-state index in [0.717, 1.165) is 31.0 Å².